The Hall–Kier alpha value is -0.700. The number of alkyl halides is 3. The molecule has 0 atom stereocenters. The lowest BCUT2D eigenvalue weighted by atomic mass is 10.3. The van der Waals surface area contributed by atoms with Crippen molar-refractivity contribution in [1.29, 1.82) is 0 Å². The SMILES string of the molecule is COCCN(CCOC)Cc1scnc1C(F)(F)F. The van der Waals surface area contributed by atoms with E-state index in [2.05, 4.69) is 4.98 Å². The van der Waals surface area contributed by atoms with Gasteiger partial charge in [-0.1, -0.05) is 0 Å². The van der Waals surface area contributed by atoms with Crippen molar-refractivity contribution in [2.75, 3.05) is 40.5 Å². The Balaban J connectivity index is 2.69. The molecule has 0 aliphatic heterocycles. The Morgan fingerprint density at radius 1 is 1.21 bits per heavy atom. The Labute approximate surface area is 114 Å². The molecule has 0 spiro atoms. The fraction of sp³-hybridized carbons (Fsp3) is 0.727. The maximum atomic E-state index is 12.7. The highest BCUT2D eigenvalue weighted by molar-refractivity contribution is 7.09. The molecule has 0 aromatic carbocycles. The van der Waals surface area contributed by atoms with Gasteiger partial charge >= 0.3 is 6.18 Å². The van der Waals surface area contributed by atoms with Gasteiger partial charge in [-0.15, -0.1) is 11.3 Å². The van der Waals surface area contributed by atoms with Crippen LogP contribution in [0.4, 0.5) is 13.2 Å². The molecule has 110 valence electrons. The summed E-state index contributed by atoms with van der Waals surface area (Å²) < 4.78 is 48.0. The number of nitrogens with zero attached hydrogens (tertiary/aromatic N) is 2. The summed E-state index contributed by atoms with van der Waals surface area (Å²) in [5.41, 5.74) is 0.431. The fourth-order valence-electron chi connectivity index (χ4n) is 1.53. The van der Waals surface area contributed by atoms with Gasteiger partial charge in [0.05, 0.1) is 23.6 Å². The standard InChI is InChI=1S/C11H17F3N2O2S/c1-17-5-3-16(4-6-18-2)7-9-10(11(12,13)14)15-8-19-9/h8H,3-7H2,1-2H3. The number of halogens is 3. The first-order valence-electron chi connectivity index (χ1n) is 5.68. The summed E-state index contributed by atoms with van der Waals surface area (Å²) in [6.45, 7) is 2.23. The highest BCUT2D eigenvalue weighted by Crippen LogP contribution is 2.33. The van der Waals surface area contributed by atoms with Crippen LogP contribution in [0.25, 0.3) is 0 Å². The summed E-state index contributed by atoms with van der Waals surface area (Å²) in [7, 11) is 3.12. The molecule has 1 heterocycles. The zero-order chi connectivity index (χ0) is 14.3. The van der Waals surface area contributed by atoms with E-state index in [0.717, 1.165) is 11.3 Å². The zero-order valence-electron chi connectivity index (χ0n) is 10.9. The van der Waals surface area contributed by atoms with Crippen LogP contribution in [0.5, 0.6) is 0 Å². The predicted octanol–water partition coefficient (Wildman–Crippen LogP) is 2.26. The van der Waals surface area contributed by atoms with E-state index in [1.807, 2.05) is 4.90 Å². The van der Waals surface area contributed by atoms with E-state index in [4.69, 9.17) is 9.47 Å². The lowest BCUT2D eigenvalue weighted by Gasteiger charge is -2.21. The topological polar surface area (TPSA) is 34.6 Å². The summed E-state index contributed by atoms with van der Waals surface area (Å²) >= 11 is 1.02. The third kappa shape index (κ3) is 5.43. The van der Waals surface area contributed by atoms with Crippen molar-refractivity contribution >= 4 is 11.3 Å². The van der Waals surface area contributed by atoms with Crippen molar-refractivity contribution in [3.05, 3.63) is 16.1 Å². The molecule has 0 bridgehead atoms. The average molecular weight is 298 g/mol. The number of rotatable bonds is 8. The third-order valence-corrected chi connectivity index (χ3v) is 3.32. The fourth-order valence-corrected chi connectivity index (χ4v) is 2.35. The number of ether oxygens (including phenoxy) is 2. The normalized spacial score (nSPS) is 12.3. The lowest BCUT2D eigenvalue weighted by molar-refractivity contribution is -0.141. The molecule has 0 unspecified atom stereocenters. The molecule has 0 fully saturated rings. The number of thiazole rings is 1. The van der Waals surface area contributed by atoms with Crippen LogP contribution in [0.1, 0.15) is 10.6 Å². The molecule has 0 aliphatic carbocycles. The molecule has 1 aromatic rings. The first-order chi connectivity index (χ1) is 8.99. The van der Waals surface area contributed by atoms with Gasteiger partial charge in [-0.25, -0.2) is 4.98 Å². The number of hydrogen-bond acceptors (Lipinski definition) is 5. The molecule has 0 aliphatic rings. The van der Waals surface area contributed by atoms with Gasteiger partial charge in [-0.2, -0.15) is 13.2 Å². The number of hydrogen-bond donors (Lipinski definition) is 0. The van der Waals surface area contributed by atoms with Gasteiger partial charge in [0, 0.05) is 33.9 Å². The van der Waals surface area contributed by atoms with Crippen LogP contribution in [-0.4, -0.2) is 50.4 Å². The molecular weight excluding hydrogens is 281 g/mol. The molecule has 0 N–H and O–H groups in total. The predicted molar refractivity (Wildman–Crippen MR) is 66.1 cm³/mol. The molecule has 0 amide bonds. The van der Waals surface area contributed by atoms with Crippen LogP contribution in [0.2, 0.25) is 0 Å². The molecule has 0 radical (unpaired) electrons. The molecular formula is C11H17F3N2O2S. The molecule has 0 saturated carbocycles. The van der Waals surface area contributed by atoms with Crippen molar-refractivity contribution in [3.8, 4) is 0 Å². The Kier molecular flexibility index (Phi) is 6.70. The maximum absolute atomic E-state index is 12.7. The molecule has 8 heteroatoms. The van der Waals surface area contributed by atoms with Crippen molar-refractivity contribution < 1.29 is 22.6 Å². The van der Waals surface area contributed by atoms with Crippen LogP contribution < -0.4 is 0 Å². The van der Waals surface area contributed by atoms with E-state index >= 15 is 0 Å². The zero-order valence-corrected chi connectivity index (χ0v) is 11.7. The Bertz CT molecular complexity index is 363. The van der Waals surface area contributed by atoms with Crippen LogP contribution in [0, 0.1) is 0 Å². The minimum absolute atomic E-state index is 0.201. The Morgan fingerprint density at radius 2 is 1.79 bits per heavy atom. The highest BCUT2D eigenvalue weighted by atomic mass is 32.1. The number of methoxy groups -OCH3 is 2. The van der Waals surface area contributed by atoms with E-state index < -0.39 is 11.9 Å². The van der Waals surface area contributed by atoms with Gasteiger partial charge in [0.2, 0.25) is 0 Å². The smallest absolute Gasteiger partial charge is 0.383 e. The maximum Gasteiger partial charge on any atom is 0.434 e. The van der Waals surface area contributed by atoms with Gasteiger partial charge < -0.3 is 9.47 Å². The van der Waals surface area contributed by atoms with Gasteiger partial charge in [0.15, 0.2) is 5.69 Å². The Morgan fingerprint density at radius 3 is 2.26 bits per heavy atom. The van der Waals surface area contributed by atoms with Crippen LogP contribution in [-0.2, 0) is 22.2 Å². The van der Waals surface area contributed by atoms with Crippen molar-refractivity contribution in [2.45, 2.75) is 12.7 Å². The van der Waals surface area contributed by atoms with Crippen LogP contribution in [0.3, 0.4) is 0 Å². The quantitative estimate of drug-likeness (QED) is 0.737. The third-order valence-electron chi connectivity index (χ3n) is 2.50. The molecule has 1 rings (SSSR count). The largest absolute Gasteiger partial charge is 0.434 e. The number of aromatic nitrogens is 1. The minimum atomic E-state index is -4.40. The van der Waals surface area contributed by atoms with E-state index in [0.29, 0.717) is 26.3 Å². The monoisotopic (exact) mass is 298 g/mol. The van der Waals surface area contributed by atoms with Crippen molar-refractivity contribution in [3.63, 3.8) is 0 Å². The van der Waals surface area contributed by atoms with E-state index in [-0.39, 0.29) is 11.4 Å². The molecule has 0 saturated heterocycles. The first kappa shape index (κ1) is 16.4. The van der Waals surface area contributed by atoms with Gasteiger partial charge in [0.1, 0.15) is 0 Å². The van der Waals surface area contributed by atoms with Crippen LogP contribution >= 0.6 is 11.3 Å². The van der Waals surface area contributed by atoms with Gasteiger partial charge in [-0.3, -0.25) is 4.90 Å². The summed E-state index contributed by atoms with van der Waals surface area (Å²) in [4.78, 5) is 5.48. The first-order valence-corrected chi connectivity index (χ1v) is 6.56. The van der Waals surface area contributed by atoms with E-state index in [9.17, 15) is 13.2 Å². The summed E-state index contributed by atoms with van der Waals surface area (Å²) in [5.74, 6) is 0. The molecule has 19 heavy (non-hydrogen) atoms. The van der Waals surface area contributed by atoms with Gasteiger partial charge in [-0.05, 0) is 0 Å². The highest BCUT2D eigenvalue weighted by Gasteiger charge is 2.36. The summed E-state index contributed by atoms with van der Waals surface area (Å²) in [6.07, 6.45) is -4.40. The second-order valence-corrected chi connectivity index (χ2v) is 4.82. The van der Waals surface area contributed by atoms with E-state index in [1.165, 1.54) is 5.51 Å². The second-order valence-electron chi connectivity index (χ2n) is 3.88. The van der Waals surface area contributed by atoms with Gasteiger partial charge in [0.25, 0.3) is 0 Å². The van der Waals surface area contributed by atoms with E-state index in [1.54, 1.807) is 14.2 Å². The molecule has 4 nitrogen and oxygen atoms in total. The molecule has 1 aromatic heterocycles. The summed E-state index contributed by atoms with van der Waals surface area (Å²) in [6, 6.07) is 0. The van der Waals surface area contributed by atoms with Crippen LogP contribution in [0.15, 0.2) is 5.51 Å². The lowest BCUT2D eigenvalue weighted by Crippen LogP contribution is -2.30. The second kappa shape index (κ2) is 7.78. The summed E-state index contributed by atoms with van der Waals surface area (Å²) in [5, 5.41) is 0. The van der Waals surface area contributed by atoms with Crippen molar-refractivity contribution in [2.24, 2.45) is 0 Å². The minimum Gasteiger partial charge on any atom is -0.383 e. The average Bonchev–Trinajstić information content (AvgIpc) is 2.80. The van der Waals surface area contributed by atoms with Crippen molar-refractivity contribution in [1.82, 2.24) is 9.88 Å².